The van der Waals surface area contributed by atoms with E-state index in [-0.39, 0.29) is 36.9 Å². The molecule has 196 valence electrons. The molecule has 4 rings (SSSR count). The maximum Gasteiger partial charge on any atom is 0.299 e. The summed E-state index contributed by atoms with van der Waals surface area (Å²) >= 11 is 0. The molecule has 0 spiro atoms. The zero-order chi connectivity index (χ0) is 26.8. The third kappa shape index (κ3) is 6.62. The maximum atomic E-state index is 14.4. The number of alkyl halides is 2. The number of primary amides is 1. The second kappa shape index (κ2) is 13.1. The summed E-state index contributed by atoms with van der Waals surface area (Å²) in [6.45, 7) is 2.76. The number of hydrogen-bond donors (Lipinski definition) is 2. The molecular weight excluding hydrogens is 478 g/mol. The molecule has 2 amide bonds. The Labute approximate surface area is 207 Å². The van der Waals surface area contributed by atoms with Crippen LogP contribution < -0.4 is 10.5 Å². The first-order valence-corrected chi connectivity index (χ1v) is 11.2. The van der Waals surface area contributed by atoms with Crippen LogP contribution in [0.15, 0.2) is 36.4 Å². The molecule has 36 heavy (non-hydrogen) atoms. The van der Waals surface area contributed by atoms with Gasteiger partial charge in [0.15, 0.2) is 5.79 Å². The Morgan fingerprint density at radius 2 is 1.75 bits per heavy atom. The summed E-state index contributed by atoms with van der Waals surface area (Å²) in [6, 6.07) is 10.1. The van der Waals surface area contributed by atoms with E-state index < -0.39 is 11.7 Å². The Balaban J connectivity index is 0.000000238. The van der Waals surface area contributed by atoms with E-state index in [1.807, 2.05) is 13.0 Å². The molecule has 1 aliphatic heterocycles. The number of methoxy groups -OCH3 is 1. The summed E-state index contributed by atoms with van der Waals surface area (Å²) < 4.78 is 44.4. The van der Waals surface area contributed by atoms with Crippen LogP contribution in [0.5, 0.6) is 5.75 Å². The smallest absolute Gasteiger partial charge is 0.299 e. The van der Waals surface area contributed by atoms with Crippen molar-refractivity contribution in [1.29, 1.82) is 0 Å². The SMILES string of the molecule is CCc1ccc2c(c1)-c1ccc(OC)cc1C2(F)F.NC=O.O=CCCC1(CN(O)C=O)OCCO1. The van der Waals surface area contributed by atoms with Crippen LogP contribution in [0.4, 0.5) is 8.78 Å². The molecule has 0 atom stereocenters. The van der Waals surface area contributed by atoms with Gasteiger partial charge in [-0.2, -0.15) is 8.78 Å². The number of nitrogens with two attached hydrogens (primary N) is 1. The Morgan fingerprint density at radius 1 is 1.08 bits per heavy atom. The number of amides is 2. The zero-order valence-electron chi connectivity index (χ0n) is 20.1. The number of carbonyl (C=O) groups is 3. The lowest BCUT2D eigenvalue weighted by molar-refractivity contribution is -0.216. The number of benzene rings is 2. The molecule has 3 N–H and O–H groups in total. The van der Waals surface area contributed by atoms with Gasteiger partial charge in [-0.25, -0.2) is 5.06 Å². The molecule has 1 aliphatic carbocycles. The lowest BCUT2D eigenvalue weighted by Gasteiger charge is -2.28. The van der Waals surface area contributed by atoms with E-state index in [4.69, 9.17) is 24.2 Å². The molecule has 0 saturated carbocycles. The van der Waals surface area contributed by atoms with Gasteiger partial charge in [0, 0.05) is 24.0 Å². The van der Waals surface area contributed by atoms with Crippen molar-refractivity contribution in [2.45, 2.75) is 37.9 Å². The highest BCUT2D eigenvalue weighted by atomic mass is 19.3. The minimum atomic E-state index is -2.94. The minimum absolute atomic E-state index is 0.0371. The lowest BCUT2D eigenvalue weighted by Crippen LogP contribution is -2.42. The Hall–Kier alpha value is -3.41. The molecule has 0 aromatic heterocycles. The van der Waals surface area contributed by atoms with Crippen LogP contribution in [0.1, 0.15) is 36.5 Å². The predicted molar refractivity (Wildman–Crippen MR) is 126 cm³/mol. The van der Waals surface area contributed by atoms with E-state index in [2.05, 4.69) is 5.73 Å². The van der Waals surface area contributed by atoms with E-state index in [1.54, 1.807) is 24.3 Å². The molecule has 2 aromatic rings. The van der Waals surface area contributed by atoms with Crippen molar-refractivity contribution in [1.82, 2.24) is 5.06 Å². The van der Waals surface area contributed by atoms with Crippen LogP contribution in [-0.2, 0) is 36.2 Å². The van der Waals surface area contributed by atoms with E-state index in [0.717, 1.165) is 18.3 Å². The number of halogens is 2. The molecule has 0 bridgehead atoms. The predicted octanol–water partition coefficient (Wildman–Crippen LogP) is 3.04. The molecule has 9 nitrogen and oxygen atoms in total. The van der Waals surface area contributed by atoms with Gasteiger partial charge in [0.05, 0.1) is 20.3 Å². The molecular formula is C25H30F2N2O7. The third-order valence-electron chi connectivity index (χ3n) is 5.67. The van der Waals surface area contributed by atoms with E-state index in [9.17, 15) is 18.4 Å². The van der Waals surface area contributed by atoms with Gasteiger partial charge in [0.2, 0.25) is 12.8 Å². The summed E-state index contributed by atoms with van der Waals surface area (Å²) in [6.07, 6.45) is 2.71. The fourth-order valence-electron chi connectivity index (χ4n) is 3.97. The first kappa shape index (κ1) is 28.8. The Bertz CT molecular complexity index is 1040. The summed E-state index contributed by atoms with van der Waals surface area (Å²) in [5, 5.41) is 9.45. The minimum Gasteiger partial charge on any atom is -0.497 e. The summed E-state index contributed by atoms with van der Waals surface area (Å²) in [5.74, 6) is -3.50. The normalized spacial score (nSPS) is 15.7. The number of ether oxygens (including phenoxy) is 3. The second-order valence-corrected chi connectivity index (χ2v) is 7.87. The highest BCUT2D eigenvalue weighted by molar-refractivity contribution is 5.80. The number of rotatable bonds is 8. The fraction of sp³-hybridized carbons (Fsp3) is 0.400. The van der Waals surface area contributed by atoms with Crippen LogP contribution in [0.2, 0.25) is 0 Å². The van der Waals surface area contributed by atoms with Crippen LogP contribution in [0.25, 0.3) is 11.1 Å². The highest BCUT2D eigenvalue weighted by Crippen LogP contribution is 2.52. The van der Waals surface area contributed by atoms with E-state index >= 15 is 0 Å². The van der Waals surface area contributed by atoms with E-state index in [1.165, 1.54) is 13.2 Å². The third-order valence-corrected chi connectivity index (χ3v) is 5.67. The van der Waals surface area contributed by atoms with Gasteiger partial charge in [-0.3, -0.25) is 14.8 Å². The zero-order valence-corrected chi connectivity index (χ0v) is 20.1. The van der Waals surface area contributed by atoms with Gasteiger partial charge in [-0.1, -0.05) is 31.2 Å². The van der Waals surface area contributed by atoms with Crippen molar-refractivity contribution in [2.75, 3.05) is 26.9 Å². The second-order valence-electron chi connectivity index (χ2n) is 7.87. The molecule has 2 aromatic carbocycles. The monoisotopic (exact) mass is 508 g/mol. The first-order chi connectivity index (χ1) is 17.2. The van der Waals surface area contributed by atoms with Crippen molar-refractivity contribution >= 4 is 19.1 Å². The van der Waals surface area contributed by atoms with Gasteiger partial charge in [-0.15, -0.1) is 0 Å². The van der Waals surface area contributed by atoms with Crippen LogP contribution in [0, 0.1) is 0 Å². The fourth-order valence-corrected chi connectivity index (χ4v) is 3.97. The first-order valence-electron chi connectivity index (χ1n) is 11.2. The van der Waals surface area contributed by atoms with Crippen LogP contribution in [0.3, 0.4) is 0 Å². The number of hydroxylamine groups is 2. The van der Waals surface area contributed by atoms with Crippen molar-refractivity contribution in [3.8, 4) is 16.9 Å². The van der Waals surface area contributed by atoms with E-state index in [0.29, 0.717) is 41.6 Å². The van der Waals surface area contributed by atoms with Crippen LogP contribution in [-0.4, -0.2) is 62.0 Å². The molecule has 0 unspecified atom stereocenters. The number of hydrogen-bond acceptors (Lipinski definition) is 7. The number of carbonyl (C=O) groups excluding carboxylic acids is 3. The summed E-state index contributed by atoms with van der Waals surface area (Å²) in [7, 11) is 1.48. The number of aryl methyl sites for hydroxylation is 1. The summed E-state index contributed by atoms with van der Waals surface area (Å²) in [4.78, 5) is 29.0. The van der Waals surface area contributed by atoms with Gasteiger partial charge < -0.3 is 24.7 Å². The van der Waals surface area contributed by atoms with Crippen molar-refractivity contribution in [3.05, 3.63) is 53.1 Å². The molecule has 1 heterocycles. The average molecular weight is 509 g/mol. The average Bonchev–Trinajstić information content (AvgIpc) is 3.43. The van der Waals surface area contributed by atoms with Crippen LogP contribution >= 0.6 is 0 Å². The van der Waals surface area contributed by atoms with Gasteiger partial charge in [0.25, 0.3) is 5.92 Å². The molecule has 0 radical (unpaired) electrons. The number of fused-ring (bicyclic) bond motifs is 3. The molecule has 1 saturated heterocycles. The van der Waals surface area contributed by atoms with Gasteiger partial charge >= 0.3 is 0 Å². The van der Waals surface area contributed by atoms with Crippen molar-refractivity contribution in [2.24, 2.45) is 5.73 Å². The van der Waals surface area contributed by atoms with Crippen molar-refractivity contribution < 1.29 is 42.6 Å². The molecule has 11 heteroatoms. The summed E-state index contributed by atoms with van der Waals surface area (Å²) in [5.41, 5.74) is 6.61. The molecule has 2 aliphatic rings. The van der Waals surface area contributed by atoms with Gasteiger partial charge in [-0.05, 0) is 35.2 Å². The quantitative estimate of drug-likeness (QED) is 0.319. The maximum absolute atomic E-state index is 14.4. The number of nitrogens with zero attached hydrogens (tertiary/aromatic N) is 1. The highest BCUT2D eigenvalue weighted by Gasteiger charge is 2.44. The van der Waals surface area contributed by atoms with Gasteiger partial charge in [0.1, 0.15) is 18.6 Å². The number of aldehydes is 1. The standard InChI is InChI=1S/C16H14F2O.C8H13NO5.CH3NO/c1-3-10-4-7-14-13(8-10)12-6-5-11(19-2)9-15(12)16(14,17)18;10-3-1-2-8(6-9(12)7-11)13-4-5-14-8;2-1-3/h4-9H,3H2,1-2H3;3,7,12H,1-2,4-6H2;1H,(H2,2,3). The Kier molecular flexibility index (Phi) is 10.5. The largest absolute Gasteiger partial charge is 0.497 e. The topological polar surface area (TPSA) is 128 Å². The Morgan fingerprint density at radius 3 is 2.31 bits per heavy atom. The molecule has 1 fully saturated rings. The lowest BCUT2D eigenvalue weighted by atomic mass is 10.0. The van der Waals surface area contributed by atoms with Crippen molar-refractivity contribution in [3.63, 3.8) is 0 Å².